The Morgan fingerprint density at radius 3 is 2.71 bits per heavy atom. The van der Waals surface area contributed by atoms with Crippen molar-refractivity contribution in [1.82, 2.24) is 5.06 Å². The van der Waals surface area contributed by atoms with Crippen LogP contribution in [0.3, 0.4) is 0 Å². The van der Waals surface area contributed by atoms with E-state index in [1.807, 2.05) is 25.2 Å². The number of hydrogen-bond donors (Lipinski definition) is 1. The van der Waals surface area contributed by atoms with Gasteiger partial charge in [-0.1, -0.05) is 30.3 Å². The van der Waals surface area contributed by atoms with Gasteiger partial charge < -0.3 is 5.11 Å². The Kier molecular flexibility index (Phi) is 2.82. The largest absolute Gasteiger partial charge is 0.395 e. The molecule has 0 radical (unpaired) electrons. The predicted octanol–water partition coefficient (Wildman–Crippen LogP) is 1.36. The van der Waals surface area contributed by atoms with Gasteiger partial charge in [-0.25, -0.2) is 0 Å². The maximum absolute atomic E-state index is 9.08. The van der Waals surface area contributed by atoms with Crippen LogP contribution in [-0.2, 0) is 4.84 Å². The Bertz CT molecular complexity index is 289. The van der Waals surface area contributed by atoms with Crippen molar-refractivity contribution >= 4 is 0 Å². The van der Waals surface area contributed by atoms with E-state index in [0.29, 0.717) is 0 Å². The highest BCUT2D eigenvalue weighted by Gasteiger charge is 2.30. The minimum absolute atomic E-state index is 0.0957. The summed E-state index contributed by atoms with van der Waals surface area (Å²) in [5, 5.41) is 10.8. The van der Waals surface area contributed by atoms with Crippen LogP contribution in [0.15, 0.2) is 30.3 Å². The van der Waals surface area contributed by atoms with Gasteiger partial charge in [0.05, 0.1) is 12.6 Å². The minimum Gasteiger partial charge on any atom is -0.395 e. The molecule has 2 atom stereocenters. The molecule has 2 unspecified atom stereocenters. The molecule has 1 aliphatic heterocycles. The van der Waals surface area contributed by atoms with Crippen LogP contribution in [0.4, 0.5) is 0 Å². The molecule has 1 N–H and O–H groups in total. The lowest BCUT2D eigenvalue weighted by molar-refractivity contribution is -0.149. The summed E-state index contributed by atoms with van der Waals surface area (Å²) in [6.45, 7) is 0.153. The zero-order valence-corrected chi connectivity index (χ0v) is 8.26. The van der Waals surface area contributed by atoms with Crippen LogP contribution < -0.4 is 0 Å². The summed E-state index contributed by atoms with van der Waals surface area (Å²) >= 11 is 0. The Hall–Kier alpha value is -0.900. The number of rotatable bonds is 2. The predicted molar refractivity (Wildman–Crippen MR) is 53.5 cm³/mol. The summed E-state index contributed by atoms with van der Waals surface area (Å²) in [7, 11) is 1.86. The minimum atomic E-state index is 0.0957. The number of hydrogen-bond acceptors (Lipinski definition) is 3. The van der Waals surface area contributed by atoms with E-state index >= 15 is 0 Å². The van der Waals surface area contributed by atoms with E-state index < -0.39 is 0 Å². The monoisotopic (exact) mass is 193 g/mol. The summed E-state index contributed by atoms with van der Waals surface area (Å²) in [6.07, 6.45) is 0.954. The SMILES string of the molecule is CN1OC(c2ccccc2)CC1CO. The van der Waals surface area contributed by atoms with Gasteiger partial charge in [0.2, 0.25) is 0 Å². The Labute approximate surface area is 83.9 Å². The average Bonchev–Trinajstić information content (AvgIpc) is 2.61. The van der Waals surface area contributed by atoms with Gasteiger partial charge in [-0.15, -0.1) is 0 Å². The summed E-state index contributed by atoms with van der Waals surface area (Å²) in [6, 6.07) is 10.2. The van der Waals surface area contributed by atoms with Crippen LogP contribution >= 0.6 is 0 Å². The lowest BCUT2D eigenvalue weighted by Crippen LogP contribution is -2.26. The van der Waals surface area contributed by atoms with Crippen molar-refractivity contribution in [1.29, 1.82) is 0 Å². The highest BCUT2D eigenvalue weighted by molar-refractivity contribution is 5.18. The number of aliphatic hydroxyl groups is 1. The van der Waals surface area contributed by atoms with Gasteiger partial charge in [-0.3, -0.25) is 4.84 Å². The molecule has 0 spiro atoms. The molecule has 3 nitrogen and oxygen atoms in total. The standard InChI is InChI=1S/C11H15NO2/c1-12-10(8-13)7-11(14-12)9-5-3-2-4-6-9/h2-6,10-11,13H,7-8H2,1H3. The topological polar surface area (TPSA) is 32.7 Å². The Morgan fingerprint density at radius 1 is 1.43 bits per heavy atom. The molecule has 14 heavy (non-hydrogen) atoms. The normalized spacial score (nSPS) is 28.1. The van der Waals surface area contributed by atoms with Crippen LogP contribution in [0.1, 0.15) is 18.1 Å². The van der Waals surface area contributed by atoms with Gasteiger partial charge >= 0.3 is 0 Å². The maximum atomic E-state index is 9.08. The lowest BCUT2D eigenvalue weighted by Gasteiger charge is -2.14. The summed E-state index contributed by atoms with van der Waals surface area (Å²) in [5.74, 6) is 0. The van der Waals surface area contributed by atoms with Crippen LogP contribution in [0.25, 0.3) is 0 Å². The van der Waals surface area contributed by atoms with Crippen molar-refractivity contribution in [3.63, 3.8) is 0 Å². The summed E-state index contributed by atoms with van der Waals surface area (Å²) in [5.41, 5.74) is 1.18. The Balaban J connectivity index is 2.09. The second kappa shape index (κ2) is 4.09. The van der Waals surface area contributed by atoms with Gasteiger partial charge in [0.25, 0.3) is 0 Å². The third kappa shape index (κ3) is 1.80. The fourth-order valence-corrected chi connectivity index (χ4v) is 1.78. The zero-order chi connectivity index (χ0) is 9.97. The maximum Gasteiger partial charge on any atom is 0.106 e. The third-order valence-electron chi connectivity index (χ3n) is 2.68. The van der Waals surface area contributed by atoms with Crippen LogP contribution in [0.2, 0.25) is 0 Å². The van der Waals surface area contributed by atoms with E-state index in [2.05, 4.69) is 12.1 Å². The molecule has 0 bridgehead atoms. The fourth-order valence-electron chi connectivity index (χ4n) is 1.78. The molecule has 1 heterocycles. The molecule has 0 aromatic heterocycles. The van der Waals surface area contributed by atoms with Gasteiger partial charge in [0, 0.05) is 7.05 Å². The first kappa shape index (κ1) is 9.65. The van der Waals surface area contributed by atoms with Crippen molar-refractivity contribution in [2.45, 2.75) is 18.6 Å². The van der Waals surface area contributed by atoms with Crippen LogP contribution in [0.5, 0.6) is 0 Å². The second-order valence-corrected chi connectivity index (χ2v) is 3.62. The molecule has 0 aliphatic carbocycles. The number of aliphatic hydroxyl groups excluding tert-OH is 1. The highest BCUT2D eigenvalue weighted by Crippen LogP contribution is 2.31. The smallest absolute Gasteiger partial charge is 0.106 e. The van der Waals surface area contributed by atoms with E-state index in [1.54, 1.807) is 5.06 Å². The molecule has 1 aliphatic rings. The second-order valence-electron chi connectivity index (χ2n) is 3.62. The van der Waals surface area contributed by atoms with E-state index in [1.165, 1.54) is 5.56 Å². The van der Waals surface area contributed by atoms with Gasteiger partial charge in [0.15, 0.2) is 0 Å². The average molecular weight is 193 g/mol. The molecule has 1 aromatic rings. The molecule has 3 heteroatoms. The first-order chi connectivity index (χ1) is 6.81. The van der Waals surface area contributed by atoms with Crippen molar-refractivity contribution in [3.8, 4) is 0 Å². The first-order valence-corrected chi connectivity index (χ1v) is 4.86. The molecule has 76 valence electrons. The summed E-state index contributed by atoms with van der Waals surface area (Å²) < 4.78 is 0. The quantitative estimate of drug-likeness (QED) is 0.769. The molecule has 2 rings (SSSR count). The molecule has 0 saturated carbocycles. The molecular weight excluding hydrogens is 178 g/mol. The van der Waals surface area contributed by atoms with Crippen LogP contribution in [-0.4, -0.2) is 29.9 Å². The molecule has 1 aromatic carbocycles. The van der Waals surface area contributed by atoms with Crippen molar-refractivity contribution in [2.24, 2.45) is 0 Å². The number of benzene rings is 1. The van der Waals surface area contributed by atoms with E-state index in [0.717, 1.165) is 6.42 Å². The van der Waals surface area contributed by atoms with Crippen LogP contribution in [0, 0.1) is 0 Å². The zero-order valence-electron chi connectivity index (χ0n) is 8.26. The van der Waals surface area contributed by atoms with Crippen molar-refractivity contribution < 1.29 is 9.94 Å². The third-order valence-corrected chi connectivity index (χ3v) is 2.68. The van der Waals surface area contributed by atoms with Crippen molar-refractivity contribution in [2.75, 3.05) is 13.7 Å². The fraction of sp³-hybridized carbons (Fsp3) is 0.455. The molecule has 1 fully saturated rings. The van der Waals surface area contributed by atoms with E-state index in [9.17, 15) is 0 Å². The molecule has 0 amide bonds. The Morgan fingerprint density at radius 2 is 2.14 bits per heavy atom. The number of hydroxylamine groups is 2. The van der Waals surface area contributed by atoms with Crippen molar-refractivity contribution in [3.05, 3.63) is 35.9 Å². The van der Waals surface area contributed by atoms with Gasteiger partial charge in [0.1, 0.15) is 6.10 Å². The number of nitrogens with zero attached hydrogens (tertiary/aromatic N) is 1. The lowest BCUT2D eigenvalue weighted by atomic mass is 10.0. The summed E-state index contributed by atoms with van der Waals surface area (Å²) in [4.78, 5) is 5.62. The van der Waals surface area contributed by atoms with Gasteiger partial charge in [-0.05, 0) is 12.0 Å². The molecular formula is C11H15NO2. The van der Waals surface area contributed by atoms with Gasteiger partial charge in [-0.2, -0.15) is 5.06 Å². The first-order valence-electron chi connectivity index (χ1n) is 4.86. The van der Waals surface area contributed by atoms with E-state index in [4.69, 9.17) is 9.94 Å². The number of likely N-dealkylation sites (N-methyl/N-ethyl adjacent to an activating group) is 1. The molecule has 1 saturated heterocycles. The van der Waals surface area contributed by atoms with E-state index in [-0.39, 0.29) is 18.8 Å². The highest BCUT2D eigenvalue weighted by atomic mass is 16.7.